The van der Waals surface area contributed by atoms with Crippen LogP contribution in [0.15, 0.2) is 53.5 Å². The van der Waals surface area contributed by atoms with Crippen molar-refractivity contribution in [3.05, 3.63) is 65.4 Å². The highest BCUT2D eigenvalue weighted by Crippen LogP contribution is 2.22. The van der Waals surface area contributed by atoms with Gasteiger partial charge in [0.05, 0.1) is 22.3 Å². The second kappa shape index (κ2) is 7.70. The summed E-state index contributed by atoms with van der Waals surface area (Å²) in [7, 11) is 0. The molecule has 0 spiro atoms. The first-order valence-electron chi connectivity index (χ1n) is 9.26. The monoisotopic (exact) mass is 402 g/mol. The third-order valence-electron chi connectivity index (χ3n) is 4.71. The molecule has 0 bridgehead atoms. The minimum absolute atomic E-state index is 0.0585. The van der Waals surface area contributed by atoms with Crippen molar-refractivity contribution in [2.24, 2.45) is 10.7 Å². The van der Waals surface area contributed by atoms with Crippen LogP contribution < -0.4 is 11.1 Å². The summed E-state index contributed by atoms with van der Waals surface area (Å²) in [4.78, 5) is 50.5. The number of carbonyl (C=O) groups is 3. The zero-order chi connectivity index (χ0) is 21.3. The molecule has 150 valence electrons. The van der Waals surface area contributed by atoms with E-state index in [1.54, 1.807) is 24.3 Å². The Hall–Kier alpha value is -4.14. The first-order valence-corrected chi connectivity index (χ1v) is 9.26. The fraction of sp³-hybridized carbons (Fsp3) is 0.143. The molecule has 30 heavy (non-hydrogen) atoms. The predicted molar refractivity (Wildman–Crippen MR) is 110 cm³/mol. The Bertz CT molecular complexity index is 1190. The van der Waals surface area contributed by atoms with Gasteiger partial charge in [-0.3, -0.25) is 24.6 Å². The summed E-state index contributed by atoms with van der Waals surface area (Å²) < 4.78 is 0. The molecule has 4 rings (SSSR count). The fourth-order valence-electron chi connectivity index (χ4n) is 3.27. The molecule has 3 aromatic rings. The summed E-state index contributed by atoms with van der Waals surface area (Å²) >= 11 is 0. The van der Waals surface area contributed by atoms with Gasteiger partial charge < -0.3 is 5.73 Å². The molecule has 3 N–H and O–H groups in total. The smallest absolute Gasteiger partial charge is 0.261 e. The molecule has 3 amide bonds. The van der Waals surface area contributed by atoms with Crippen LogP contribution in [0, 0.1) is 6.92 Å². The summed E-state index contributed by atoms with van der Waals surface area (Å²) in [5, 5.41) is 3.33. The van der Waals surface area contributed by atoms with Crippen molar-refractivity contribution in [3.63, 3.8) is 0 Å². The van der Waals surface area contributed by atoms with E-state index in [0.717, 1.165) is 16.0 Å². The number of benzene rings is 2. The average molecular weight is 402 g/mol. The van der Waals surface area contributed by atoms with Crippen molar-refractivity contribution in [1.82, 2.24) is 20.2 Å². The normalized spacial score (nSPS) is 13.6. The Labute approximate surface area is 171 Å². The quantitative estimate of drug-likeness (QED) is 0.388. The highest BCUT2D eigenvalue weighted by Gasteiger charge is 2.34. The number of carbonyl (C=O) groups excluding carboxylic acids is 3. The number of amides is 3. The van der Waals surface area contributed by atoms with Crippen LogP contribution in [-0.2, 0) is 4.79 Å². The van der Waals surface area contributed by atoms with Crippen molar-refractivity contribution >= 4 is 40.5 Å². The van der Waals surface area contributed by atoms with Crippen molar-refractivity contribution in [1.29, 1.82) is 0 Å². The lowest BCUT2D eigenvalue weighted by Gasteiger charge is -2.13. The second-order valence-corrected chi connectivity index (χ2v) is 6.73. The maximum Gasteiger partial charge on any atom is 0.261 e. The van der Waals surface area contributed by atoms with Gasteiger partial charge in [0.15, 0.2) is 0 Å². The number of nitrogens with one attached hydrogen (secondary N) is 1. The van der Waals surface area contributed by atoms with E-state index in [9.17, 15) is 14.4 Å². The van der Waals surface area contributed by atoms with Crippen molar-refractivity contribution < 1.29 is 14.4 Å². The van der Waals surface area contributed by atoms with E-state index in [4.69, 9.17) is 5.73 Å². The molecule has 0 saturated heterocycles. The molecule has 0 fully saturated rings. The number of nitrogens with zero attached hydrogens (tertiary/aromatic N) is 4. The van der Waals surface area contributed by atoms with E-state index in [2.05, 4.69) is 20.3 Å². The number of rotatable bonds is 4. The van der Waals surface area contributed by atoms with Gasteiger partial charge in [-0.25, -0.2) is 9.97 Å². The van der Waals surface area contributed by atoms with E-state index < -0.39 is 17.7 Å². The largest absolute Gasteiger partial charge is 0.369 e. The zero-order valence-electron chi connectivity index (χ0n) is 16.1. The molecule has 0 atom stereocenters. The third-order valence-corrected chi connectivity index (χ3v) is 4.71. The van der Waals surface area contributed by atoms with Gasteiger partial charge in [-0.2, -0.15) is 4.99 Å². The molecule has 9 nitrogen and oxygen atoms in total. The number of para-hydroxylation sites is 1. The van der Waals surface area contributed by atoms with Crippen LogP contribution >= 0.6 is 0 Å². The minimum Gasteiger partial charge on any atom is -0.369 e. The zero-order valence-corrected chi connectivity index (χ0v) is 16.1. The first-order chi connectivity index (χ1) is 14.4. The van der Waals surface area contributed by atoms with Crippen LogP contribution in [0.4, 0.5) is 5.95 Å². The maximum absolute atomic E-state index is 12.3. The van der Waals surface area contributed by atoms with Gasteiger partial charge in [0.25, 0.3) is 17.8 Å². The van der Waals surface area contributed by atoms with E-state index >= 15 is 0 Å². The summed E-state index contributed by atoms with van der Waals surface area (Å²) in [5.41, 5.74) is 7.94. The molecule has 0 unspecified atom stereocenters. The SMILES string of the molecule is Cc1nc(/N=C(\N)NC(=O)CCN2C(=O)c3ccccc3C2=O)nc2ccccc12. The topological polar surface area (TPSA) is 131 Å². The first kappa shape index (κ1) is 19.2. The van der Waals surface area contributed by atoms with Crippen LogP contribution in [0.3, 0.4) is 0 Å². The van der Waals surface area contributed by atoms with E-state index in [0.29, 0.717) is 16.6 Å². The number of hydrogen-bond acceptors (Lipinski definition) is 6. The molecule has 2 aromatic carbocycles. The predicted octanol–water partition coefficient (Wildman–Crippen LogP) is 1.69. The van der Waals surface area contributed by atoms with Gasteiger partial charge in [0.1, 0.15) is 0 Å². The van der Waals surface area contributed by atoms with E-state index in [1.807, 2.05) is 31.2 Å². The Morgan fingerprint density at radius 1 is 1.03 bits per heavy atom. The highest BCUT2D eigenvalue weighted by molar-refractivity contribution is 6.21. The standard InChI is InChI=1S/C21H18N6O3/c1-12-13-6-4-5-9-16(13)24-21(23-12)26-20(22)25-17(28)10-11-27-18(29)14-7-2-3-8-15(14)19(27)30/h2-9H,10-11H2,1H3,(H3,22,23,24,25,26,28). The van der Waals surface area contributed by atoms with Gasteiger partial charge in [0, 0.05) is 18.4 Å². The lowest BCUT2D eigenvalue weighted by Crippen LogP contribution is -2.39. The second-order valence-electron chi connectivity index (χ2n) is 6.73. The minimum atomic E-state index is -0.481. The van der Waals surface area contributed by atoms with E-state index in [1.165, 1.54) is 0 Å². The molecule has 0 saturated carbocycles. The molecule has 1 aliphatic rings. The number of guanidine groups is 1. The van der Waals surface area contributed by atoms with Crippen LogP contribution in [0.2, 0.25) is 0 Å². The summed E-state index contributed by atoms with van der Waals surface area (Å²) in [5.74, 6) is -1.35. The number of imide groups is 1. The van der Waals surface area contributed by atoms with Crippen LogP contribution in [0.1, 0.15) is 32.8 Å². The van der Waals surface area contributed by atoms with Gasteiger partial charge in [-0.15, -0.1) is 0 Å². The molecular weight excluding hydrogens is 384 g/mol. The van der Waals surface area contributed by atoms with Crippen molar-refractivity contribution in [3.8, 4) is 0 Å². The molecule has 2 heterocycles. The molecular formula is C21H18N6O3. The lowest BCUT2D eigenvalue weighted by atomic mass is 10.1. The van der Waals surface area contributed by atoms with Gasteiger partial charge >= 0.3 is 0 Å². The van der Waals surface area contributed by atoms with Crippen LogP contribution in [0.25, 0.3) is 10.9 Å². The van der Waals surface area contributed by atoms with Gasteiger partial charge in [-0.1, -0.05) is 30.3 Å². The van der Waals surface area contributed by atoms with Gasteiger partial charge in [-0.05, 0) is 25.1 Å². The number of nitrogens with two attached hydrogens (primary N) is 1. The number of hydrogen-bond donors (Lipinski definition) is 2. The number of aliphatic imine (C=N–C) groups is 1. The van der Waals surface area contributed by atoms with Crippen molar-refractivity contribution in [2.75, 3.05) is 6.54 Å². The average Bonchev–Trinajstić information content (AvgIpc) is 2.97. The number of aryl methyl sites for hydroxylation is 1. The fourth-order valence-corrected chi connectivity index (χ4v) is 3.27. The summed E-state index contributed by atoms with van der Waals surface area (Å²) in [6, 6.07) is 14.0. The summed E-state index contributed by atoms with van der Waals surface area (Å²) in [6.07, 6.45) is -0.112. The Morgan fingerprint density at radius 2 is 1.67 bits per heavy atom. The van der Waals surface area contributed by atoms with E-state index in [-0.39, 0.29) is 24.9 Å². The Kier molecular flexibility index (Phi) is 4.93. The number of fused-ring (bicyclic) bond motifs is 2. The molecule has 1 aromatic heterocycles. The highest BCUT2D eigenvalue weighted by atomic mass is 16.2. The van der Waals surface area contributed by atoms with Gasteiger partial charge in [0.2, 0.25) is 11.9 Å². The van der Waals surface area contributed by atoms with Crippen molar-refractivity contribution in [2.45, 2.75) is 13.3 Å². The van der Waals surface area contributed by atoms with Crippen LogP contribution in [-0.4, -0.2) is 45.1 Å². The number of aromatic nitrogens is 2. The molecule has 1 aliphatic heterocycles. The molecule has 0 radical (unpaired) electrons. The lowest BCUT2D eigenvalue weighted by molar-refractivity contribution is -0.119. The molecule has 0 aliphatic carbocycles. The Balaban J connectivity index is 1.40. The third kappa shape index (κ3) is 3.60. The summed E-state index contributed by atoms with van der Waals surface area (Å²) in [6.45, 7) is 1.77. The van der Waals surface area contributed by atoms with Crippen LogP contribution in [0.5, 0.6) is 0 Å². The molecule has 9 heteroatoms. The maximum atomic E-state index is 12.3. The Morgan fingerprint density at radius 3 is 2.37 bits per heavy atom.